The van der Waals surface area contributed by atoms with E-state index in [0.29, 0.717) is 5.69 Å². The highest BCUT2D eigenvalue weighted by Gasteiger charge is 2.27. The minimum absolute atomic E-state index is 0. The molecular formula is C13H16ClF3N2O2. The smallest absolute Gasteiger partial charge is 0.362 e. The standard InChI is InChI=1S/C13H15F3N2O2.ClH/c14-13(15,16)8-20-7-12(19)18-11-2-1-9-3-4-17-6-10(9)5-11;/h1-2,5,17H,3-4,6-8H2,(H,18,19);1H. The summed E-state index contributed by atoms with van der Waals surface area (Å²) in [5, 5.41) is 5.73. The monoisotopic (exact) mass is 324 g/mol. The molecule has 1 amide bonds. The zero-order chi connectivity index (χ0) is 14.6. The summed E-state index contributed by atoms with van der Waals surface area (Å²) in [5.41, 5.74) is 2.87. The fourth-order valence-corrected chi connectivity index (χ4v) is 2.01. The van der Waals surface area contributed by atoms with Crippen molar-refractivity contribution in [2.75, 3.05) is 25.1 Å². The Hall–Kier alpha value is -1.31. The van der Waals surface area contributed by atoms with Gasteiger partial charge >= 0.3 is 6.18 Å². The number of alkyl halides is 3. The van der Waals surface area contributed by atoms with E-state index >= 15 is 0 Å². The fraction of sp³-hybridized carbons (Fsp3) is 0.462. The van der Waals surface area contributed by atoms with Crippen LogP contribution in [-0.4, -0.2) is 31.8 Å². The van der Waals surface area contributed by atoms with E-state index in [2.05, 4.69) is 15.4 Å². The number of rotatable bonds is 4. The molecule has 118 valence electrons. The summed E-state index contributed by atoms with van der Waals surface area (Å²) >= 11 is 0. The van der Waals surface area contributed by atoms with E-state index in [1.54, 1.807) is 6.07 Å². The van der Waals surface area contributed by atoms with Crippen LogP contribution in [0.4, 0.5) is 18.9 Å². The first-order chi connectivity index (χ1) is 9.44. The Kier molecular flexibility index (Phi) is 6.44. The third-order valence-corrected chi connectivity index (χ3v) is 2.88. The van der Waals surface area contributed by atoms with Gasteiger partial charge in [0.1, 0.15) is 13.2 Å². The van der Waals surface area contributed by atoms with Crippen molar-refractivity contribution in [3.05, 3.63) is 29.3 Å². The first kappa shape index (κ1) is 17.7. The molecule has 0 bridgehead atoms. The van der Waals surface area contributed by atoms with Gasteiger partial charge in [0.15, 0.2) is 0 Å². The minimum atomic E-state index is -4.42. The zero-order valence-electron chi connectivity index (χ0n) is 11.1. The molecule has 0 aliphatic carbocycles. The summed E-state index contributed by atoms with van der Waals surface area (Å²) in [6.07, 6.45) is -3.49. The topological polar surface area (TPSA) is 50.4 Å². The van der Waals surface area contributed by atoms with Crippen LogP contribution in [0.2, 0.25) is 0 Å². The van der Waals surface area contributed by atoms with Crippen LogP contribution in [0.5, 0.6) is 0 Å². The molecule has 0 spiro atoms. The minimum Gasteiger partial charge on any atom is -0.362 e. The number of nitrogens with one attached hydrogen (secondary N) is 2. The van der Waals surface area contributed by atoms with Crippen LogP contribution in [0.3, 0.4) is 0 Å². The van der Waals surface area contributed by atoms with E-state index in [1.165, 1.54) is 5.56 Å². The summed E-state index contributed by atoms with van der Waals surface area (Å²) in [6, 6.07) is 5.48. The molecule has 4 nitrogen and oxygen atoms in total. The van der Waals surface area contributed by atoms with Crippen molar-refractivity contribution in [1.29, 1.82) is 0 Å². The van der Waals surface area contributed by atoms with Crippen molar-refractivity contribution in [2.45, 2.75) is 19.1 Å². The maximum atomic E-state index is 11.9. The van der Waals surface area contributed by atoms with Crippen LogP contribution in [0.25, 0.3) is 0 Å². The van der Waals surface area contributed by atoms with Crippen LogP contribution < -0.4 is 10.6 Å². The quantitative estimate of drug-likeness (QED) is 0.893. The van der Waals surface area contributed by atoms with Gasteiger partial charge in [-0.1, -0.05) is 6.07 Å². The normalized spacial score (nSPS) is 14.0. The van der Waals surface area contributed by atoms with Crippen LogP contribution in [0, 0.1) is 0 Å². The van der Waals surface area contributed by atoms with Gasteiger partial charge < -0.3 is 15.4 Å². The number of anilines is 1. The highest BCUT2D eigenvalue weighted by Crippen LogP contribution is 2.19. The van der Waals surface area contributed by atoms with Gasteiger partial charge in [0.05, 0.1) is 0 Å². The van der Waals surface area contributed by atoms with Gasteiger partial charge in [-0.15, -0.1) is 12.4 Å². The van der Waals surface area contributed by atoms with Gasteiger partial charge in [-0.25, -0.2) is 0 Å². The van der Waals surface area contributed by atoms with E-state index in [-0.39, 0.29) is 12.4 Å². The van der Waals surface area contributed by atoms with Gasteiger partial charge in [0.2, 0.25) is 5.91 Å². The molecule has 0 saturated heterocycles. The lowest BCUT2D eigenvalue weighted by molar-refractivity contribution is -0.174. The summed E-state index contributed by atoms with van der Waals surface area (Å²) in [5.74, 6) is -0.599. The number of fused-ring (bicyclic) bond motifs is 1. The molecule has 0 unspecified atom stereocenters. The maximum Gasteiger partial charge on any atom is 0.411 e. The molecule has 21 heavy (non-hydrogen) atoms. The van der Waals surface area contributed by atoms with Crippen LogP contribution >= 0.6 is 12.4 Å². The number of ether oxygens (including phenoxy) is 1. The number of halogens is 4. The fourth-order valence-electron chi connectivity index (χ4n) is 2.01. The van der Waals surface area contributed by atoms with Crippen molar-refractivity contribution in [3.8, 4) is 0 Å². The average Bonchev–Trinajstić information content (AvgIpc) is 2.37. The highest BCUT2D eigenvalue weighted by atomic mass is 35.5. The Morgan fingerprint density at radius 2 is 2.10 bits per heavy atom. The van der Waals surface area contributed by atoms with Crippen LogP contribution in [0.1, 0.15) is 11.1 Å². The molecule has 0 aromatic heterocycles. The van der Waals surface area contributed by atoms with Crippen molar-refractivity contribution < 1.29 is 22.7 Å². The Morgan fingerprint density at radius 1 is 1.33 bits per heavy atom. The predicted octanol–water partition coefficient (Wildman–Crippen LogP) is 2.27. The number of carbonyl (C=O) groups is 1. The van der Waals surface area contributed by atoms with Crippen molar-refractivity contribution >= 4 is 24.0 Å². The summed E-state index contributed by atoms with van der Waals surface area (Å²) in [4.78, 5) is 11.4. The highest BCUT2D eigenvalue weighted by molar-refractivity contribution is 5.91. The molecule has 1 aromatic rings. The molecule has 0 atom stereocenters. The van der Waals surface area contributed by atoms with Crippen molar-refractivity contribution in [3.63, 3.8) is 0 Å². The summed E-state index contributed by atoms with van der Waals surface area (Å²) in [7, 11) is 0. The Bertz CT molecular complexity index is 495. The number of benzene rings is 1. The van der Waals surface area contributed by atoms with Crippen LogP contribution in [-0.2, 0) is 22.5 Å². The van der Waals surface area contributed by atoms with E-state index in [4.69, 9.17) is 0 Å². The number of carbonyl (C=O) groups excluding carboxylic acids is 1. The SMILES string of the molecule is Cl.O=C(COCC(F)(F)F)Nc1ccc2c(c1)CNCC2. The molecule has 1 aliphatic rings. The first-order valence-corrected chi connectivity index (χ1v) is 6.21. The molecule has 1 aromatic carbocycles. The van der Waals surface area contributed by atoms with Gasteiger partial charge in [-0.2, -0.15) is 13.2 Å². The van der Waals surface area contributed by atoms with Crippen molar-refractivity contribution in [2.24, 2.45) is 0 Å². The van der Waals surface area contributed by atoms with Gasteiger partial charge in [-0.3, -0.25) is 4.79 Å². The second-order valence-electron chi connectivity index (χ2n) is 4.57. The largest absolute Gasteiger partial charge is 0.411 e. The van der Waals surface area contributed by atoms with Gasteiger partial charge in [-0.05, 0) is 36.2 Å². The van der Waals surface area contributed by atoms with Gasteiger partial charge in [0.25, 0.3) is 0 Å². The van der Waals surface area contributed by atoms with Crippen LogP contribution in [0.15, 0.2) is 18.2 Å². The second-order valence-corrected chi connectivity index (χ2v) is 4.57. The Balaban J connectivity index is 0.00000220. The second kappa shape index (κ2) is 7.63. The predicted molar refractivity (Wildman–Crippen MR) is 74.6 cm³/mol. The molecule has 1 heterocycles. The maximum absolute atomic E-state index is 11.9. The molecular weight excluding hydrogens is 309 g/mol. The van der Waals surface area contributed by atoms with E-state index in [0.717, 1.165) is 25.1 Å². The number of hydrogen-bond acceptors (Lipinski definition) is 3. The Morgan fingerprint density at radius 3 is 2.81 bits per heavy atom. The molecule has 0 radical (unpaired) electrons. The number of hydrogen-bond donors (Lipinski definition) is 2. The third kappa shape index (κ3) is 5.91. The molecule has 0 fully saturated rings. The lowest BCUT2D eigenvalue weighted by Crippen LogP contribution is -2.25. The van der Waals surface area contributed by atoms with E-state index in [9.17, 15) is 18.0 Å². The molecule has 8 heteroatoms. The van der Waals surface area contributed by atoms with E-state index in [1.807, 2.05) is 12.1 Å². The number of amides is 1. The van der Waals surface area contributed by atoms with E-state index < -0.39 is 25.3 Å². The first-order valence-electron chi connectivity index (χ1n) is 6.21. The summed E-state index contributed by atoms with van der Waals surface area (Å²) < 4.78 is 39.9. The molecule has 0 saturated carbocycles. The summed E-state index contributed by atoms with van der Waals surface area (Å²) in [6.45, 7) is -0.392. The lowest BCUT2D eigenvalue weighted by Gasteiger charge is -2.18. The Labute approximate surface area is 126 Å². The lowest BCUT2D eigenvalue weighted by atomic mass is 10.0. The average molecular weight is 325 g/mol. The molecule has 2 N–H and O–H groups in total. The molecule has 2 rings (SSSR count). The van der Waals surface area contributed by atoms with Gasteiger partial charge in [0, 0.05) is 12.2 Å². The third-order valence-electron chi connectivity index (χ3n) is 2.88. The zero-order valence-corrected chi connectivity index (χ0v) is 11.9. The van der Waals surface area contributed by atoms with Crippen molar-refractivity contribution in [1.82, 2.24) is 5.32 Å². The molecule has 1 aliphatic heterocycles.